The molecule has 1 aliphatic heterocycles. The van der Waals surface area contributed by atoms with Gasteiger partial charge in [-0.25, -0.2) is 4.68 Å². The van der Waals surface area contributed by atoms with Crippen molar-refractivity contribution in [3.63, 3.8) is 0 Å². The largest absolute Gasteiger partial charge is 0.393 e. The number of para-hydroxylation sites is 1. The van der Waals surface area contributed by atoms with Crippen LogP contribution in [-0.2, 0) is 12.8 Å². The standard InChI is InChI=1S/C17H19ClN4O2/c18-13-3-1-2-10-11(6-7-20-15(10)13)17(24)22-14-8-9(23)4-5-12(14)16(19)21-22/h1-3,9,11,20,23H,4-8H2,(H2,19,21)/t9-,11+/m1/s1. The zero-order valence-electron chi connectivity index (χ0n) is 13.1. The van der Waals surface area contributed by atoms with Crippen molar-refractivity contribution in [3.8, 4) is 0 Å². The summed E-state index contributed by atoms with van der Waals surface area (Å²) >= 11 is 6.25. The summed E-state index contributed by atoms with van der Waals surface area (Å²) in [6, 6.07) is 5.58. The smallest absolute Gasteiger partial charge is 0.254 e. The lowest BCUT2D eigenvalue weighted by Crippen LogP contribution is -2.30. The Morgan fingerprint density at radius 2 is 2.25 bits per heavy atom. The van der Waals surface area contributed by atoms with Crippen LogP contribution in [0.2, 0.25) is 5.02 Å². The Morgan fingerprint density at radius 3 is 3.08 bits per heavy atom. The highest BCUT2D eigenvalue weighted by molar-refractivity contribution is 6.33. The van der Waals surface area contributed by atoms with Crippen molar-refractivity contribution < 1.29 is 9.90 Å². The van der Waals surface area contributed by atoms with Crippen molar-refractivity contribution in [2.45, 2.75) is 37.7 Å². The summed E-state index contributed by atoms with van der Waals surface area (Å²) in [6.07, 6.45) is 1.95. The Morgan fingerprint density at radius 1 is 1.42 bits per heavy atom. The van der Waals surface area contributed by atoms with Crippen LogP contribution in [-0.4, -0.2) is 33.4 Å². The maximum absolute atomic E-state index is 13.2. The Bertz CT molecular complexity index is 817. The summed E-state index contributed by atoms with van der Waals surface area (Å²) in [7, 11) is 0. The highest BCUT2D eigenvalue weighted by Crippen LogP contribution is 2.38. The number of hydrogen-bond acceptors (Lipinski definition) is 5. The van der Waals surface area contributed by atoms with Gasteiger partial charge in [-0.05, 0) is 30.9 Å². The second-order valence-corrected chi connectivity index (χ2v) is 6.84. The first-order valence-electron chi connectivity index (χ1n) is 8.17. The number of nitrogens with two attached hydrogens (primary N) is 1. The Kier molecular flexibility index (Phi) is 3.73. The number of aliphatic hydroxyl groups excluding tert-OH is 1. The first-order chi connectivity index (χ1) is 11.6. The number of anilines is 2. The number of nitrogens with zero attached hydrogens (tertiary/aromatic N) is 2. The molecule has 0 radical (unpaired) electrons. The minimum absolute atomic E-state index is 0.109. The Labute approximate surface area is 144 Å². The van der Waals surface area contributed by atoms with E-state index >= 15 is 0 Å². The Balaban J connectivity index is 1.75. The van der Waals surface area contributed by atoms with Gasteiger partial charge in [0.05, 0.1) is 28.4 Å². The molecule has 1 aliphatic carbocycles. The number of benzene rings is 1. The summed E-state index contributed by atoms with van der Waals surface area (Å²) in [5.41, 5.74) is 9.34. The number of aliphatic hydroxyl groups is 1. The van der Waals surface area contributed by atoms with E-state index < -0.39 is 6.10 Å². The molecular weight excluding hydrogens is 328 g/mol. The molecule has 2 aromatic rings. The van der Waals surface area contributed by atoms with E-state index in [2.05, 4.69) is 10.4 Å². The van der Waals surface area contributed by atoms with Crippen molar-refractivity contribution in [2.24, 2.45) is 0 Å². The molecule has 2 atom stereocenters. The number of hydrogen-bond donors (Lipinski definition) is 3. The fraction of sp³-hybridized carbons (Fsp3) is 0.412. The third-order valence-electron chi connectivity index (χ3n) is 4.94. The minimum Gasteiger partial charge on any atom is -0.393 e. The molecule has 0 unspecified atom stereocenters. The quantitative estimate of drug-likeness (QED) is 0.736. The lowest BCUT2D eigenvalue weighted by molar-refractivity contribution is 0.0846. The topological polar surface area (TPSA) is 93.2 Å². The van der Waals surface area contributed by atoms with E-state index in [1.54, 1.807) is 0 Å². The molecule has 0 bridgehead atoms. The predicted octanol–water partition coefficient (Wildman–Crippen LogP) is 2.21. The van der Waals surface area contributed by atoms with Crippen LogP contribution in [0.25, 0.3) is 0 Å². The highest BCUT2D eigenvalue weighted by atomic mass is 35.5. The SMILES string of the molecule is Nc1nn(C(=O)[C@H]2CCNc3c(Cl)cccc32)c2c1CC[C@@H](O)C2. The molecule has 2 heterocycles. The van der Waals surface area contributed by atoms with E-state index in [1.807, 2.05) is 18.2 Å². The highest BCUT2D eigenvalue weighted by Gasteiger charge is 2.33. The summed E-state index contributed by atoms with van der Waals surface area (Å²) in [5.74, 6) is -0.0324. The summed E-state index contributed by atoms with van der Waals surface area (Å²) in [5, 5.41) is 18.1. The average Bonchev–Trinajstić information content (AvgIpc) is 2.90. The minimum atomic E-state index is -0.449. The molecule has 1 aromatic carbocycles. The van der Waals surface area contributed by atoms with Gasteiger partial charge in [-0.2, -0.15) is 0 Å². The van der Waals surface area contributed by atoms with Gasteiger partial charge in [-0.1, -0.05) is 23.7 Å². The van der Waals surface area contributed by atoms with Gasteiger partial charge in [-0.3, -0.25) is 4.79 Å². The maximum atomic E-state index is 13.2. The van der Waals surface area contributed by atoms with Crippen LogP contribution < -0.4 is 11.1 Å². The normalized spacial score (nSPS) is 22.4. The maximum Gasteiger partial charge on any atom is 0.254 e. The van der Waals surface area contributed by atoms with Gasteiger partial charge in [0.1, 0.15) is 5.82 Å². The van der Waals surface area contributed by atoms with Crippen LogP contribution in [0.1, 0.15) is 40.4 Å². The number of aromatic nitrogens is 2. The summed E-state index contributed by atoms with van der Waals surface area (Å²) in [4.78, 5) is 13.2. The van der Waals surface area contributed by atoms with E-state index in [-0.39, 0.29) is 11.8 Å². The molecule has 6 nitrogen and oxygen atoms in total. The first-order valence-corrected chi connectivity index (χ1v) is 8.55. The molecule has 7 heteroatoms. The first kappa shape index (κ1) is 15.5. The molecular formula is C17H19ClN4O2. The third kappa shape index (κ3) is 2.37. The van der Waals surface area contributed by atoms with E-state index in [0.29, 0.717) is 43.1 Å². The fourth-order valence-corrected chi connectivity index (χ4v) is 3.97. The fourth-order valence-electron chi connectivity index (χ4n) is 3.72. The van der Waals surface area contributed by atoms with Gasteiger partial charge in [0.2, 0.25) is 0 Å². The van der Waals surface area contributed by atoms with Gasteiger partial charge in [0.15, 0.2) is 0 Å². The van der Waals surface area contributed by atoms with Crippen LogP contribution in [0.15, 0.2) is 18.2 Å². The molecule has 2 aliphatic rings. The molecule has 4 rings (SSSR count). The monoisotopic (exact) mass is 346 g/mol. The molecule has 24 heavy (non-hydrogen) atoms. The van der Waals surface area contributed by atoms with Gasteiger partial charge < -0.3 is 16.2 Å². The number of carbonyl (C=O) groups is 1. The van der Waals surface area contributed by atoms with E-state index in [0.717, 1.165) is 22.5 Å². The number of nitrogen functional groups attached to an aromatic ring is 1. The number of carbonyl (C=O) groups excluding carboxylic acids is 1. The molecule has 0 fully saturated rings. The predicted molar refractivity (Wildman–Crippen MR) is 92.6 cm³/mol. The van der Waals surface area contributed by atoms with Crippen molar-refractivity contribution in [1.82, 2.24) is 9.78 Å². The van der Waals surface area contributed by atoms with Crippen LogP contribution in [0.5, 0.6) is 0 Å². The average molecular weight is 347 g/mol. The van der Waals surface area contributed by atoms with Crippen LogP contribution in [0.4, 0.5) is 11.5 Å². The zero-order valence-corrected chi connectivity index (χ0v) is 13.9. The molecule has 1 aromatic heterocycles. The molecule has 4 N–H and O–H groups in total. The van der Waals surface area contributed by atoms with Gasteiger partial charge in [0, 0.05) is 18.5 Å². The van der Waals surface area contributed by atoms with Gasteiger partial charge in [-0.15, -0.1) is 5.10 Å². The van der Waals surface area contributed by atoms with Crippen molar-refractivity contribution in [1.29, 1.82) is 0 Å². The number of halogens is 1. The van der Waals surface area contributed by atoms with Crippen LogP contribution >= 0.6 is 11.6 Å². The lowest BCUT2D eigenvalue weighted by atomic mass is 9.89. The second-order valence-electron chi connectivity index (χ2n) is 6.43. The molecule has 0 saturated heterocycles. The molecule has 0 amide bonds. The van der Waals surface area contributed by atoms with Crippen molar-refractivity contribution >= 4 is 29.0 Å². The van der Waals surface area contributed by atoms with E-state index in [9.17, 15) is 9.90 Å². The molecule has 0 spiro atoms. The molecule has 0 saturated carbocycles. The lowest BCUT2D eigenvalue weighted by Gasteiger charge is -2.27. The number of fused-ring (bicyclic) bond motifs is 2. The van der Waals surface area contributed by atoms with Gasteiger partial charge in [0.25, 0.3) is 5.91 Å². The zero-order chi connectivity index (χ0) is 16.8. The third-order valence-corrected chi connectivity index (χ3v) is 5.26. The van der Waals surface area contributed by atoms with Crippen molar-refractivity contribution in [3.05, 3.63) is 40.0 Å². The number of nitrogens with one attached hydrogen (secondary N) is 1. The van der Waals surface area contributed by atoms with Crippen LogP contribution in [0, 0.1) is 0 Å². The molecule has 126 valence electrons. The van der Waals surface area contributed by atoms with Crippen LogP contribution in [0.3, 0.4) is 0 Å². The van der Waals surface area contributed by atoms with Gasteiger partial charge >= 0.3 is 0 Å². The van der Waals surface area contributed by atoms with E-state index in [4.69, 9.17) is 17.3 Å². The summed E-state index contributed by atoms with van der Waals surface area (Å²) in [6.45, 7) is 0.675. The second kappa shape index (κ2) is 5.79. The summed E-state index contributed by atoms with van der Waals surface area (Å²) < 4.78 is 1.41. The van der Waals surface area contributed by atoms with Crippen molar-refractivity contribution in [2.75, 3.05) is 17.6 Å². The Hall–Kier alpha value is -2.05. The van der Waals surface area contributed by atoms with E-state index in [1.165, 1.54) is 4.68 Å². The number of rotatable bonds is 1.